The number of piperidine rings is 1. The minimum Gasteiger partial charge on any atom is -0.393 e. The summed E-state index contributed by atoms with van der Waals surface area (Å²) in [4.78, 5) is 2.17. The third-order valence-corrected chi connectivity index (χ3v) is 4.25. The molecule has 1 fully saturated rings. The molecule has 2 aromatic rings. The number of aromatic nitrogens is 2. The van der Waals surface area contributed by atoms with Gasteiger partial charge < -0.3 is 10.0 Å². The van der Waals surface area contributed by atoms with Crippen LogP contribution >= 0.6 is 0 Å². The molecule has 3 rings (SSSR count). The fourth-order valence-electron chi connectivity index (χ4n) is 2.88. The van der Waals surface area contributed by atoms with Crippen molar-refractivity contribution < 1.29 is 9.50 Å². The highest BCUT2D eigenvalue weighted by Crippen LogP contribution is 2.24. The molecule has 1 saturated heterocycles. The average Bonchev–Trinajstić information content (AvgIpc) is 2.56. The number of hydrogen-bond acceptors (Lipinski definition) is 4. The van der Waals surface area contributed by atoms with Gasteiger partial charge in [0.05, 0.1) is 11.8 Å². The molecule has 0 bridgehead atoms. The first kappa shape index (κ1) is 14.9. The molecule has 1 aromatic heterocycles. The van der Waals surface area contributed by atoms with Crippen molar-refractivity contribution in [2.45, 2.75) is 25.9 Å². The molecule has 2 heterocycles. The van der Waals surface area contributed by atoms with Gasteiger partial charge in [-0.05, 0) is 56.2 Å². The van der Waals surface area contributed by atoms with Gasteiger partial charge in [0.1, 0.15) is 5.82 Å². The van der Waals surface area contributed by atoms with Crippen molar-refractivity contribution in [3.63, 3.8) is 0 Å². The van der Waals surface area contributed by atoms with Crippen molar-refractivity contribution in [3.05, 3.63) is 42.2 Å². The number of aliphatic hydroxyl groups is 1. The molecule has 0 saturated carbocycles. The average molecular weight is 301 g/mol. The van der Waals surface area contributed by atoms with Gasteiger partial charge in [0, 0.05) is 24.6 Å². The van der Waals surface area contributed by atoms with E-state index in [9.17, 15) is 9.50 Å². The summed E-state index contributed by atoms with van der Waals surface area (Å²) in [6, 6.07) is 10.1. The molecule has 1 aromatic carbocycles. The maximum absolute atomic E-state index is 12.9. The summed E-state index contributed by atoms with van der Waals surface area (Å²) in [5.41, 5.74) is 1.58. The normalized spacial score (nSPS) is 20.0. The lowest BCUT2D eigenvalue weighted by Gasteiger charge is -2.34. The fraction of sp³-hybridized carbons (Fsp3) is 0.412. The second kappa shape index (κ2) is 6.40. The topological polar surface area (TPSA) is 49.2 Å². The van der Waals surface area contributed by atoms with Crippen LogP contribution in [0.3, 0.4) is 0 Å². The van der Waals surface area contributed by atoms with E-state index in [4.69, 9.17) is 0 Å². The predicted octanol–water partition coefficient (Wildman–Crippen LogP) is 2.88. The Morgan fingerprint density at radius 3 is 2.59 bits per heavy atom. The number of aliphatic hydroxyl groups excluding tert-OH is 1. The van der Waals surface area contributed by atoms with Crippen molar-refractivity contribution >= 4 is 5.82 Å². The molecule has 0 radical (unpaired) electrons. The van der Waals surface area contributed by atoms with Gasteiger partial charge in [0.15, 0.2) is 5.82 Å². The van der Waals surface area contributed by atoms with Crippen LogP contribution in [0.1, 0.15) is 19.8 Å². The van der Waals surface area contributed by atoms with E-state index in [1.54, 1.807) is 12.1 Å². The van der Waals surface area contributed by atoms with E-state index < -0.39 is 0 Å². The number of anilines is 1. The third kappa shape index (κ3) is 3.25. The minimum atomic E-state index is -0.297. The van der Waals surface area contributed by atoms with E-state index in [1.807, 2.05) is 19.1 Å². The van der Waals surface area contributed by atoms with Crippen LogP contribution in [0.15, 0.2) is 36.4 Å². The quantitative estimate of drug-likeness (QED) is 0.947. The summed E-state index contributed by atoms with van der Waals surface area (Å²) < 4.78 is 12.9. The highest BCUT2D eigenvalue weighted by molar-refractivity contribution is 5.59. The molecule has 0 aliphatic carbocycles. The second-order valence-electron chi connectivity index (χ2n) is 5.87. The van der Waals surface area contributed by atoms with E-state index >= 15 is 0 Å². The zero-order chi connectivity index (χ0) is 15.5. The van der Waals surface area contributed by atoms with Gasteiger partial charge >= 0.3 is 0 Å². The SMILES string of the molecule is CC(O)C1CCCN(c2ccc(-c3ccc(F)cc3)nn2)C1. The van der Waals surface area contributed by atoms with Gasteiger partial charge in [-0.15, -0.1) is 10.2 Å². The molecular formula is C17H20FN3O. The monoisotopic (exact) mass is 301 g/mol. The Labute approximate surface area is 129 Å². The van der Waals surface area contributed by atoms with Crippen LogP contribution in [-0.2, 0) is 0 Å². The van der Waals surface area contributed by atoms with Crippen molar-refractivity contribution in [2.75, 3.05) is 18.0 Å². The van der Waals surface area contributed by atoms with E-state index in [-0.39, 0.29) is 17.8 Å². The third-order valence-electron chi connectivity index (χ3n) is 4.25. The molecule has 22 heavy (non-hydrogen) atoms. The van der Waals surface area contributed by atoms with Crippen LogP contribution in [0.4, 0.5) is 10.2 Å². The van der Waals surface area contributed by atoms with Crippen LogP contribution in [0.2, 0.25) is 0 Å². The molecule has 5 heteroatoms. The zero-order valence-corrected chi connectivity index (χ0v) is 12.6. The molecule has 4 nitrogen and oxygen atoms in total. The number of nitrogens with zero attached hydrogens (tertiary/aromatic N) is 3. The number of benzene rings is 1. The van der Waals surface area contributed by atoms with Gasteiger partial charge in [-0.25, -0.2) is 4.39 Å². The molecule has 1 aliphatic rings. The Kier molecular flexibility index (Phi) is 4.34. The fourth-order valence-corrected chi connectivity index (χ4v) is 2.88. The maximum atomic E-state index is 12.9. The highest BCUT2D eigenvalue weighted by atomic mass is 19.1. The Hall–Kier alpha value is -2.01. The van der Waals surface area contributed by atoms with E-state index in [0.717, 1.165) is 43.0 Å². The van der Waals surface area contributed by atoms with Crippen molar-refractivity contribution in [2.24, 2.45) is 5.92 Å². The zero-order valence-electron chi connectivity index (χ0n) is 12.6. The van der Waals surface area contributed by atoms with Crippen LogP contribution in [0, 0.1) is 11.7 Å². The van der Waals surface area contributed by atoms with Crippen molar-refractivity contribution in [3.8, 4) is 11.3 Å². The van der Waals surface area contributed by atoms with Gasteiger partial charge in [-0.1, -0.05) is 0 Å². The summed E-state index contributed by atoms with van der Waals surface area (Å²) in [7, 11) is 0. The van der Waals surface area contributed by atoms with Crippen molar-refractivity contribution in [1.29, 1.82) is 0 Å². The predicted molar refractivity (Wildman–Crippen MR) is 84.0 cm³/mol. The van der Waals surface area contributed by atoms with Gasteiger partial charge in [-0.3, -0.25) is 0 Å². The van der Waals surface area contributed by atoms with Crippen LogP contribution in [-0.4, -0.2) is 34.5 Å². The standard InChI is InChI=1S/C17H20FN3O/c1-12(22)14-3-2-10-21(11-14)17-9-8-16(19-20-17)13-4-6-15(18)7-5-13/h4-9,12,14,22H,2-3,10-11H2,1H3. The van der Waals surface area contributed by atoms with E-state index in [2.05, 4.69) is 15.1 Å². The molecule has 0 spiro atoms. The van der Waals surface area contributed by atoms with E-state index in [0.29, 0.717) is 0 Å². The Morgan fingerprint density at radius 2 is 1.95 bits per heavy atom. The molecule has 1 N–H and O–H groups in total. The number of hydrogen-bond donors (Lipinski definition) is 1. The first-order valence-corrected chi connectivity index (χ1v) is 7.66. The molecule has 2 atom stereocenters. The second-order valence-corrected chi connectivity index (χ2v) is 5.87. The maximum Gasteiger partial charge on any atom is 0.151 e. The Balaban J connectivity index is 1.75. The molecule has 2 unspecified atom stereocenters. The molecule has 0 amide bonds. The van der Waals surface area contributed by atoms with E-state index in [1.165, 1.54) is 12.1 Å². The van der Waals surface area contributed by atoms with Crippen LogP contribution in [0.5, 0.6) is 0 Å². The number of halogens is 1. The van der Waals surface area contributed by atoms with Gasteiger partial charge in [0.25, 0.3) is 0 Å². The minimum absolute atomic E-state index is 0.259. The summed E-state index contributed by atoms with van der Waals surface area (Å²) in [6.07, 6.45) is 1.81. The Morgan fingerprint density at radius 1 is 1.18 bits per heavy atom. The summed E-state index contributed by atoms with van der Waals surface area (Å²) in [5, 5.41) is 18.3. The first-order valence-electron chi connectivity index (χ1n) is 7.66. The highest BCUT2D eigenvalue weighted by Gasteiger charge is 2.24. The summed E-state index contributed by atoms with van der Waals surface area (Å²) in [6.45, 7) is 3.59. The molecule has 116 valence electrons. The van der Waals surface area contributed by atoms with Crippen molar-refractivity contribution in [1.82, 2.24) is 10.2 Å². The molecule has 1 aliphatic heterocycles. The lowest BCUT2D eigenvalue weighted by Crippen LogP contribution is -2.40. The number of rotatable bonds is 3. The van der Waals surface area contributed by atoms with Gasteiger partial charge in [-0.2, -0.15) is 0 Å². The summed E-state index contributed by atoms with van der Waals surface area (Å²) >= 11 is 0. The summed E-state index contributed by atoms with van der Waals surface area (Å²) in [5.74, 6) is 0.856. The van der Waals surface area contributed by atoms with Gasteiger partial charge in [0.2, 0.25) is 0 Å². The largest absolute Gasteiger partial charge is 0.393 e. The van der Waals surface area contributed by atoms with Crippen LogP contribution in [0.25, 0.3) is 11.3 Å². The smallest absolute Gasteiger partial charge is 0.151 e. The first-order chi connectivity index (χ1) is 10.6. The van der Waals surface area contributed by atoms with Crippen LogP contribution < -0.4 is 4.90 Å². The molecular weight excluding hydrogens is 281 g/mol. The lowest BCUT2D eigenvalue weighted by atomic mass is 9.93. The lowest BCUT2D eigenvalue weighted by molar-refractivity contribution is 0.115. The Bertz CT molecular complexity index is 613.